The van der Waals surface area contributed by atoms with E-state index in [-0.39, 0.29) is 5.56 Å². The van der Waals surface area contributed by atoms with Gasteiger partial charge in [0.25, 0.3) is 5.56 Å². The van der Waals surface area contributed by atoms with Crippen LogP contribution in [0.2, 0.25) is 0 Å². The molecule has 0 aromatic carbocycles. The van der Waals surface area contributed by atoms with Gasteiger partial charge in [-0.2, -0.15) is 0 Å². The van der Waals surface area contributed by atoms with Gasteiger partial charge in [-0.1, -0.05) is 0 Å². The maximum absolute atomic E-state index is 12.4. The molecule has 4 aromatic heterocycles. The molecule has 0 saturated heterocycles. The van der Waals surface area contributed by atoms with Crippen molar-refractivity contribution in [3.8, 4) is 11.6 Å². The molecule has 0 atom stereocenters. The highest BCUT2D eigenvalue weighted by Gasteiger charge is 2.22. The molecule has 5 heterocycles. The van der Waals surface area contributed by atoms with Gasteiger partial charge < -0.3 is 14.4 Å². The van der Waals surface area contributed by atoms with Gasteiger partial charge in [0.1, 0.15) is 5.65 Å². The second kappa shape index (κ2) is 5.96. The molecule has 0 spiro atoms. The molecule has 7 nitrogen and oxygen atoms in total. The minimum Gasteiger partial charge on any atom is -0.461 e. The molecule has 0 fully saturated rings. The van der Waals surface area contributed by atoms with Gasteiger partial charge in [0.05, 0.1) is 12.0 Å². The fourth-order valence-corrected chi connectivity index (χ4v) is 3.54. The number of pyridine rings is 1. The number of hydrogen-bond donors (Lipinski definition) is 2. The highest BCUT2D eigenvalue weighted by Crippen LogP contribution is 2.22. The number of hydrogen-bond acceptors (Lipinski definition) is 5. The molecule has 0 saturated carbocycles. The van der Waals surface area contributed by atoms with Crippen molar-refractivity contribution in [2.45, 2.75) is 19.5 Å². The molecule has 0 aliphatic carbocycles. The van der Waals surface area contributed by atoms with Gasteiger partial charge in [0.15, 0.2) is 11.6 Å². The Hall–Kier alpha value is -3.19. The maximum atomic E-state index is 12.4. The Balaban J connectivity index is 1.45. The topological polar surface area (TPSA) is 90.8 Å². The van der Waals surface area contributed by atoms with E-state index in [0.717, 1.165) is 35.4 Å². The lowest BCUT2D eigenvalue weighted by molar-refractivity contribution is 0.241. The van der Waals surface area contributed by atoms with Gasteiger partial charge in [0.2, 0.25) is 0 Å². The Bertz CT molecular complexity index is 1130. The number of nitrogens with zero attached hydrogens (tertiary/aromatic N) is 3. The molecule has 0 amide bonds. The van der Waals surface area contributed by atoms with Crippen molar-refractivity contribution >= 4 is 11.0 Å². The van der Waals surface area contributed by atoms with Crippen LogP contribution in [0.3, 0.4) is 0 Å². The van der Waals surface area contributed by atoms with Crippen LogP contribution in [0.5, 0.6) is 0 Å². The summed E-state index contributed by atoms with van der Waals surface area (Å²) < 4.78 is 5.37. The molecule has 7 heteroatoms. The van der Waals surface area contributed by atoms with E-state index in [9.17, 15) is 4.79 Å². The van der Waals surface area contributed by atoms with Crippen molar-refractivity contribution in [2.75, 3.05) is 6.54 Å². The van der Waals surface area contributed by atoms with Crippen molar-refractivity contribution in [3.05, 3.63) is 70.1 Å². The molecule has 2 N–H and O–H groups in total. The summed E-state index contributed by atoms with van der Waals surface area (Å²) in [5.41, 5.74) is 3.63. The monoisotopic (exact) mass is 347 g/mol. The number of aromatic amines is 2. The van der Waals surface area contributed by atoms with Gasteiger partial charge in [-0.3, -0.25) is 9.69 Å². The number of fused-ring (bicyclic) bond motifs is 2. The Kier molecular flexibility index (Phi) is 3.46. The third-order valence-electron chi connectivity index (χ3n) is 4.84. The Morgan fingerprint density at radius 3 is 3.12 bits per heavy atom. The number of furan rings is 1. The van der Waals surface area contributed by atoms with E-state index in [2.05, 4.69) is 30.9 Å². The lowest BCUT2D eigenvalue weighted by Gasteiger charge is -2.27. The first kappa shape index (κ1) is 15.1. The van der Waals surface area contributed by atoms with Crippen LogP contribution in [-0.2, 0) is 19.5 Å². The Morgan fingerprint density at radius 1 is 1.27 bits per heavy atom. The standard InChI is InChI=1S/C19H17N5O2/c25-19-14-5-7-24(10-12-9-21-17-13(12)3-1-6-20-17)11-15(14)22-18(23-19)16-4-2-8-26-16/h1-4,6,8-9H,5,7,10-11H2,(H,20,21)(H,22,23,25). The number of aromatic nitrogens is 4. The maximum Gasteiger partial charge on any atom is 0.254 e. The lowest BCUT2D eigenvalue weighted by Crippen LogP contribution is -2.35. The minimum atomic E-state index is -0.0719. The van der Waals surface area contributed by atoms with Crippen molar-refractivity contribution in [3.63, 3.8) is 0 Å². The van der Waals surface area contributed by atoms with Crippen LogP contribution < -0.4 is 5.56 Å². The lowest BCUT2D eigenvalue weighted by atomic mass is 10.1. The smallest absolute Gasteiger partial charge is 0.254 e. The molecule has 0 bridgehead atoms. The van der Waals surface area contributed by atoms with Crippen molar-refractivity contribution < 1.29 is 4.42 Å². The van der Waals surface area contributed by atoms with E-state index in [4.69, 9.17) is 4.42 Å². The third-order valence-corrected chi connectivity index (χ3v) is 4.84. The highest BCUT2D eigenvalue weighted by molar-refractivity contribution is 5.79. The summed E-state index contributed by atoms with van der Waals surface area (Å²) in [6.07, 6.45) is 6.06. The van der Waals surface area contributed by atoms with E-state index in [1.54, 1.807) is 24.6 Å². The summed E-state index contributed by atoms with van der Waals surface area (Å²) in [5.74, 6) is 1.06. The summed E-state index contributed by atoms with van der Waals surface area (Å²) in [6, 6.07) is 7.60. The van der Waals surface area contributed by atoms with Gasteiger partial charge in [-0.15, -0.1) is 0 Å². The third kappa shape index (κ3) is 2.53. The summed E-state index contributed by atoms with van der Waals surface area (Å²) in [7, 11) is 0. The van der Waals surface area contributed by atoms with Gasteiger partial charge in [0, 0.05) is 43.0 Å². The van der Waals surface area contributed by atoms with E-state index < -0.39 is 0 Å². The second-order valence-electron chi connectivity index (χ2n) is 6.49. The molecule has 4 aromatic rings. The predicted octanol–water partition coefficient (Wildman–Crippen LogP) is 2.46. The van der Waals surface area contributed by atoms with Crippen LogP contribution in [0.25, 0.3) is 22.6 Å². The second-order valence-corrected chi connectivity index (χ2v) is 6.49. The van der Waals surface area contributed by atoms with Crippen LogP contribution >= 0.6 is 0 Å². The fraction of sp³-hybridized carbons (Fsp3) is 0.211. The summed E-state index contributed by atoms with van der Waals surface area (Å²) in [4.78, 5) is 29.7. The van der Waals surface area contributed by atoms with Crippen LogP contribution in [0.1, 0.15) is 16.8 Å². The SMILES string of the molecule is O=c1[nH]c(-c2ccco2)nc2c1CCN(Cc1c[nH]c3ncccc13)C2. The van der Waals surface area contributed by atoms with Gasteiger partial charge in [-0.05, 0) is 36.2 Å². The first-order chi connectivity index (χ1) is 12.8. The van der Waals surface area contributed by atoms with Crippen molar-refractivity contribution in [1.82, 2.24) is 24.8 Å². The van der Waals surface area contributed by atoms with E-state index in [1.807, 2.05) is 12.3 Å². The molecule has 26 heavy (non-hydrogen) atoms. The van der Waals surface area contributed by atoms with E-state index in [0.29, 0.717) is 24.6 Å². The summed E-state index contributed by atoms with van der Waals surface area (Å²) in [6.45, 7) is 2.25. The van der Waals surface area contributed by atoms with Gasteiger partial charge >= 0.3 is 0 Å². The average Bonchev–Trinajstić information content (AvgIpc) is 3.32. The summed E-state index contributed by atoms with van der Waals surface area (Å²) >= 11 is 0. The molecule has 0 radical (unpaired) electrons. The highest BCUT2D eigenvalue weighted by atomic mass is 16.3. The van der Waals surface area contributed by atoms with Gasteiger partial charge in [-0.25, -0.2) is 9.97 Å². The first-order valence-electron chi connectivity index (χ1n) is 8.57. The zero-order chi connectivity index (χ0) is 17.5. The van der Waals surface area contributed by atoms with E-state index >= 15 is 0 Å². The molecule has 1 aliphatic rings. The molecule has 0 unspecified atom stereocenters. The quantitative estimate of drug-likeness (QED) is 0.594. The number of H-pyrrole nitrogens is 2. The predicted molar refractivity (Wildman–Crippen MR) is 96.5 cm³/mol. The average molecular weight is 347 g/mol. The zero-order valence-corrected chi connectivity index (χ0v) is 14.0. The van der Waals surface area contributed by atoms with Crippen LogP contribution in [-0.4, -0.2) is 31.4 Å². The summed E-state index contributed by atoms with van der Waals surface area (Å²) in [5, 5.41) is 1.13. The number of rotatable bonds is 3. The Morgan fingerprint density at radius 2 is 2.23 bits per heavy atom. The minimum absolute atomic E-state index is 0.0719. The van der Waals surface area contributed by atoms with Crippen LogP contribution in [0.15, 0.2) is 52.1 Å². The van der Waals surface area contributed by atoms with E-state index in [1.165, 1.54) is 5.56 Å². The van der Waals surface area contributed by atoms with Crippen molar-refractivity contribution in [2.24, 2.45) is 0 Å². The molecule has 5 rings (SSSR count). The molecule has 130 valence electrons. The van der Waals surface area contributed by atoms with Crippen LogP contribution in [0, 0.1) is 0 Å². The molecular weight excluding hydrogens is 330 g/mol. The zero-order valence-electron chi connectivity index (χ0n) is 14.0. The fourth-order valence-electron chi connectivity index (χ4n) is 3.54. The Labute approximate surface area is 148 Å². The number of nitrogens with one attached hydrogen (secondary N) is 2. The first-order valence-corrected chi connectivity index (χ1v) is 8.57. The normalized spacial score (nSPS) is 14.6. The molecule has 1 aliphatic heterocycles. The van der Waals surface area contributed by atoms with Crippen molar-refractivity contribution in [1.29, 1.82) is 0 Å². The molecular formula is C19H17N5O2. The van der Waals surface area contributed by atoms with Crippen LogP contribution in [0.4, 0.5) is 0 Å². The largest absolute Gasteiger partial charge is 0.461 e.